The van der Waals surface area contributed by atoms with Gasteiger partial charge in [0.15, 0.2) is 9.84 Å². The summed E-state index contributed by atoms with van der Waals surface area (Å²) in [4.78, 5) is 11.2. The molecule has 1 rings (SSSR count). The van der Waals surface area contributed by atoms with E-state index in [2.05, 4.69) is 4.74 Å². The maximum atomic E-state index is 11.8. The minimum absolute atomic E-state index is 0.260. The number of rotatable bonds is 6. The van der Waals surface area contributed by atoms with Crippen LogP contribution < -0.4 is 0 Å². The number of ether oxygens (including phenoxy) is 1. The molecule has 0 aliphatic rings. The highest BCUT2D eigenvalue weighted by molar-refractivity contribution is 7.94. The van der Waals surface area contributed by atoms with Crippen molar-refractivity contribution >= 4 is 25.6 Å². The van der Waals surface area contributed by atoms with Gasteiger partial charge in [-0.3, -0.25) is 0 Å². The molecule has 20 heavy (non-hydrogen) atoms. The maximum absolute atomic E-state index is 11.8. The Hall–Kier alpha value is -1.41. The summed E-state index contributed by atoms with van der Waals surface area (Å²) >= 11 is 0. The van der Waals surface area contributed by atoms with Crippen LogP contribution in [-0.4, -0.2) is 47.7 Å². The molecule has 0 bridgehead atoms. The zero-order valence-corrected chi connectivity index (χ0v) is 12.8. The highest BCUT2D eigenvalue weighted by Gasteiger charge is 2.16. The summed E-state index contributed by atoms with van der Waals surface area (Å²) in [5.41, 5.74) is 0.816. The Morgan fingerprint density at radius 1 is 1.05 bits per heavy atom. The number of benzene rings is 1. The van der Waals surface area contributed by atoms with Gasteiger partial charge >= 0.3 is 5.97 Å². The van der Waals surface area contributed by atoms with Gasteiger partial charge in [-0.1, -0.05) is 12.1 Å². The molecule has 112 valence electrons. The molecule has 0 atom stereocenters. The summed E-state index contributed by atoms with van der Waals surface area (Å²) in [6.45, 7) is 0. The van der Waals surface area contributed by atoms with Crippen molar-refractivity contribution in [1.82, 2.24) is 0 Å². The third kappa shape index (κ3) is 5.70. The third-order valence-electron chi connectivity index (χ3n) is 2.53. The summed E-state index contributed by atoms with van der Waals surface area (Å²) in [7, 11) is -5.56. The van der Waals surface area contributed by atoms with Crippen molar-refractivity contribution in [3.05, 3.63) is 35.4 Å². The van der Waals surface area contributed by atoms with Gasteiger partial charge in [0.25, 0.3) is 0 Å². The van der Waals surface area contributed by atoms with E-state index < -0.39 is 37.1 Å². The lowest BCUT2D eigenvalue weighted by molar-refractivity contribution is 0.0600. The Morgan fingerprint density at radius 3 is 2.05 bits per heavy atom. The number of methoxy groups -OCH3 is 1. The average Bonchev–Trinajstić information content (AvgIpc) is 2.35. The SMILES string of the molecule is COC(=O)c1ccc(CS(=O)(=O)CCS(C)(=O)=O)cc1. The van der Waals surface area contributed by atoms with Gasteiger partial charge in [0.1, 0.15) is 9.84 Å². The second-order valence-electron chi connectivity index (χ2n) is 4.41. The molecule has 0 heterocycles. The predicted octanol–water partition coefficient (Wildman–Crippen LogP) is 0.433. The van der Waals surface area contributed by atoms with Gasteiger partial charge in [-0.2, -0.15) is 0 Å². The Kier molecular flexibility index (Phi) is 5.29. The van der Waals surface area contributed by atoms with Crippen LogP contribution in [0, 0.1) is 0 Å². The minimum Gasteiger partial charge on any atom is -0.465 e. The molecule has 0 unspecified atom stereocenters. The molecule has 0 N–H and O–H groups in total. The molecule has 1 aromatic carbocycles. The van der Waals surface area contributed by atoms with Crippen LogP contribution in [0.15, 0.2) is 24.3 Å². The standard InChI is InChI=1S/C12H16O6S2/c1-18-12(13)11-5-3-10(4-6-11)9-20(16,17)8-7-19(2,14)15/h3-6H,7-9H2,1-2H3. The molecule has 0 fully saturated rings. The molecule has 1 aromatic rings. The first-order chi connectivity index (χ1) is 9.13. The van der Waals surface area contributed by atoms with Gasteiger partial charge in [0.2, 0.25) is 0 Å². The first kappa shape index (κ1) is 16.6. The highest BCUT2D eigenvalue weighted by atomic mass is 32.2. The number of hydrogen-bond donors (Lipinski definition) is 0. The van der Waals surface area contributed by atoms with Gasteiger partial charge in [-0.05, 0) is 17.7 Å². The first-order valence-corrected chi connectivity index (χ1v) is 9.56. The maximum Gasteiger partial charge on any atom is 0.337 e. The largest absolute Gasteiger partial charge is 0.465 e. The monoisotopic (exact) mass is 320 g/mol. The summed E-state index contributed by atoms with van der Waals surface area (Å²) in [5.74, 6) is -1.57. The van der Waals surface area contributed by atoms with E-state index >= 15 is 0 Å². The Labute approximate surface area is 118 Å². The lowest BCUT2D eigenvalue weighted by Gasteiger charge is -2.05. The van der Waals surface area contributed by atoms with Crippen LogP contribution >= 0.6 is 0 Å². The minimum atomic E-state index is -3.50. The second-order valence-corrected chi connectivity index (χ2v) is 8.85. The molecule has 0 aromatic heterocycles. The first-order valence-electron chi connectivity index (χ1n) is 5.68. The van der Waals surface area contributed by atoms with Crippen LogP contribution in [0.2, 0.25) is 0 Å². The molecule has 0 aliphatic heterocycles. The number of sulfone groups is 2. The fraction of sp³-hybridized carbons (Fsp3) is 0.417. The van der Waals surface area contributed by atoms with Gasteiger partial charge in [0, 0.05) is 6.26 Å². The lowest BCUT2D eigenvalue weighted by Crippen LogP contribution is -2.17. The average molecular weight is 320 g/mol. The van der Waals surface area contributed by atoms with Crippen molar-refractivity contribution < 1.29 is 26.4 Å². The molecule has 0 spiro atoms. The highest BCUT2D eigenvalue weighted by Crippen LogP contribution is 2.10. The van der Waals surface area contributed by atoms with Crippen LogP contribution in [0.4, 0.5) is 0 Å². The molecule has 0 saturated heterocycles. The Bertz CT molecular complexity index is 671. The number of carbonyl (C=O) groups excluding carboxylic acids is 1. The van der Waals surface area contributed by atoms with Crippen molar-refractivity contribution in [2.75, 3.05) is 24.9 Å². The topological polar surface area (TPSA) is 94.6 Å². The van der Waals surface area contributed by atoms with Crippen molar-refractivity contribution in [3.8, 4) is 0 Å². The summed E-state index contributed by atoms with van der Waals surface area (Å²) < 4.78 is 50.0. The van der Waals surface area contributed by atoms with E-state index in [1.54, 1.807) is 0 Å². The van der Waals surface area contributed by atoms with E-state index in [4.69, 9.17) is 0 Å². The Balaban J connectivity index is 2.75. The molecule has 0 amide bonds. The quantitative estimate of drug-likeness (QED) is 0.706. The molecule has 8 heteroatoms. The van der Waals surface area contributed by atoms with E-state index in [9.17, 15) is 21.6 Å². The van der Waals surface area contributed by atoms with Crippen molar-refractivity contribution in [3.63, 3.8) is 0 Å². The van der Waals surface area contributed by atoms with Crippen molar-refractivity contribution in [2.24, 2.45) is 0 Å². The van der Waals surface area contributed by atoms with E-state index in [1.807, 2.05) is 0 Å². The van der Waals surface area contributed by atoms with Gasteiger partial charge in [-0.15, -0.1) is 0 Å². The van der Waals surface area contributed by atoms with Crippen molar-refractivity contribution in [2.45, 2.75) is 5.75 Å². The summed E-state index contributed by atoms with van der Waals surface area (Å²) in [6, 6.07) is 5.94. The van der Waals surface area contributed by atoms with Crippen LogP contribution in [0.5, 0.6) is 0 Å². The lowest BCUT2D eigenvalue weighted by atomic mass is 10.1. The molecule has 0 aliphatic carbocycles. The van der Waals surface area contributed by atoms with Crippen LogP contribution in [-0.2, 0) is 30.2 Å². The second kappa shape index (κ2) is 6.36. The molecular weight excluding hydrogens is 304 g/mol. The smallest absolute Gasteiger partial charge is 0.337 e. The summed E-state index contributed by atoms with van der Waals surface area (Å²) in [6.07, 6.45) is 0.994. The van der Waals surface area contributed by atoms with Gasteiger partial charge < -0.3 is 4.74 Å². The van der Waals surface area contributed by atoms with Crippen molar-refractivity contribution in [1.29, 1.82) is 0 Å². The number of hydrogen-bond acceptors (Lipinski definition) is 6. The zero-order chi connectivity index (χ0) is 15.4. The van der Waals surface area contributed by atoms with Gasteiger partial charge in [-0.25, -0.2) is 21.6 Å². The number of esters is 1. The Morgan fingerprint density at radius 2 is 1.60 bits per heavy atom. The fourth-order valence-electron chi connectivity index (χ4n) is 1.46. The predicted molar refractivity (Wildman–Crippen MR) is 75.0 cm³/mol. The van der Waals surface area contributed by atoms with E-state index in [-0.39, 0.29) is 5.75 Å². The number of carbonyl (C=O) groups is 1. The molecule has 0 radical (unpaired) electrons. The molecule has 6 nitrogen and oxygen atoms in total. The third-order valence-corrected chi connectivity index (χ3v) is 5.33. The summed E-state index contributed by atoms with van der Waals surface area (Å²) in [5, 5.41) is 0. The normalized spacial score (nSPS) is 12.1. The van der Waals surface area contributed by atoms with Gasteiger partial charge in [0.05, 0.1) is 29.9 Å². The fourth-order valence-corrected chi connectivity index (χ4v) is 4.53. The molecule has 0 saturated carbocycles. The zero-order valence-electron chi connectivity index (χ0n) is 11.2. The molecular formula is C12H16O6S2. The van der Waals surface area contributed by atoms with Crippen LogP contribution in [0.25, 0.3) is 0 Å². The van der Waals surface area contributed by atoms with E-state index in [0.29, 0.717) is 11.1 Å². The van der Waals surface area contributed by atoms with E-state index in [1.165, 1.54) is 31.4 Å². The van der Waals surface area contributed by atoms with E-state index in [0.717, 1.165) is 6.26 Å². The van der Waals surface area contributed by atoms with Crippen LogP contribution in [0.3, 0.4) is 0 Å². The van der Waals surface area contributed by atoms with Crippen LogP contribution in [0.1, 0.15) is 15.9 Å².